The van der Waals surface area contributed by atoms with E-state index in [9.17, 15) is 12.8 Å². The van der Waals surface area contributed by atoms with Crippen molar-refractivity contribution in [3.05, 3.63) is 59.9 Å². The van der Waals surface area contributed by atoms with Crippen molar-refractivity contribution in [2.45, 2.75) is 11.4 Å². The standard InChI is InChI=1S/C14H14FNO2S/c1-19(17,18)13-7-4-6-12(9-13)16-10-11-5-2-3-8-14(11)15/h2-9,16H,10H2,1H3. The van der Waals surface area contributed by atoms with E-state index in [0.717, 1.165) is 6.26 Å². The SMILES string of the molecule is CS(=O)(=O)c1cccc(NCc2ccccc2F)c1. The molecule has 0 fully saturated rings. The highest BCUT2D eigenvalue weighted by Crippen LogP contribution is 2.16. The van der Waals surface area contributed by atoms with Gasteiger partial charge < -0.3 is 5.32 Å². The molecule has 0 aliphatic rings. The van der Waals surface area contributed by atoms with Gasteiger partial charge in [0, 0.05) is 24.1 Å². The van der Waals surface area contributed by atoms with Gasteiger partial charge in [-0.2, -0.15) is 0 Å². The molecule has 0 unspecified atom stereocenters. The van der Waals surface area contributed by atoms with E-state index in [1.807, 2.05) is 0 Å². The second-order valence-electron chi connectivity index (χ2n) is 4.24. The second kappa shape index (κ2) is 5.40. The lowest BCUT2D eigenvalue weighted by Gasteiger charge is -2.08. The first-order valence-corrected chi connectivity index (χ1v) is 7.63. The minimum Gasteiger partial charge on any atom is -0.381 e. The first kappa shape index (κ1) is 13.5. The molecule has 5 heteroatoms. The van der Waals surface area contributed by atoms with Gasteiger partial charge in [0.15, 0.2) is 9.84 Å². The van der Waals surface area contributed by atoms with Crippen molar-refractivity contribution in [3.8, 4) is 0 Å². The number of rotatable bonds is 4. The molecule has 0 saturated carbocycles. The molecule has 0 aliphatic heterocycles. The van der Waals surface area contributed by atoms with Gasteiger partial charge in [-0.15, -0.1) is 0 Å². The number of benzene rings is 2. The van der Waals surface area contributed by atoms with Crippen molar-refractivity contribution in [1.82, 2.24) is 0 Å². The zero-order chi connectivity index (χ0) is 13.9. The maximum Gasteiger partial charge on any atom is 0.175 e. The van der Waals surface area contributed by atoms with Crippen LogP contribution >= 0.6 is 0 Å². The largest absolute Gasteiger partial charge is 0.381 e. The van der Waals surface area contributed by atoms with Crippen molar-refractivity contribution in [2.24, 2.45) is 0 Å². The quantitative estimate of drug-likeness (QED) is 0.936. The van der Waals surface area contributed by atoms with Crippen LogP contribution in [-0.2, 0) is 16.4 Å². The van der Waals surface area contributed by atoms with Gasteiger partial charge in [0.2, 0.25) is 0 Å². The molecule has 0 amide bonds. The molecule has 1 N–H and O–H groups in total. The second-order valence-corrected chi connectivity index (χ2v) is 6.26. The first-order chi connectivity index (χ1) is 8.97. The molecule has 100 valence electrons. The lowest BCUT2D eigenvalue weighted by Crippen LogP contribution is -2.03. The molecule has 2 aromatic rings. The topological polar surface area (TPSA) is 46.2 Å². The maximum atomic E-state index is 13.4. The molecule has 0 aromatic heterocycles. The van der Waals surface area contributed by atoms with E-state index in [4.69, 9.17) is 0 Å². The van der Waals surface area contributed by atoms with Crippen LogP contribution in [0, 0.1) is 5.82 Å². The molecule has 0 saturated heterocycles. The van der Waals surface area contributed by atoms with Gasteiger partial charge in [0.1, 0.15) is 5.82 Å². The Labute approximate surface area is 112 Å². The lowest BCUT2D eigenvalue weighted by atomic mass is 10.2. The zero-order valence-corrected chi connectivity index (χ0v) is 11.2. The predicted molar refractivity (Wildman–Crippen MR) is 73.3 cm³/mol. The Balaban J connectivity index is 2.15. The molecule has 2 rings (SSSR count). The van der Waals surface area contributed by atoms with E-state index in [1.165, 1.54) is 18.2 Å². The van der Waals surface area contributed by atoms with Crippen LogP contribution in [0.25, 0.3) is 0 Å². The Morgan fingerprint density at radius 3 is 2.53 bits per heavy atom. The Morgan fingerprint density at radius 2 is 1.84 bits per heavy atom. The maximum absolute atomic E-state index is 13.4. The highest BCUT2D eigenvalue weighted by atomic mass is 32.2. The van der Waals surface area contributed by atoms with E-state index in [2.05, 4.69) is 5.32 Å². The number of sulfone groups is 1. The van der Waals surface area contributed by atoms with Gasteiger partial charge in [0.25, 0.3) is 0 Å². The minimum absolute atomic E-state index is 0.242. The molecule has 0 bridgehead atoms. The highest BCUT2D eigenvalue weighted by molar-refractivity contribution is 7.90. The highest BCUT2D eigenvalue weighted by Gasteiger charge is 2.07. The molecule has 19 heavy (non-hydrogen) atoms. The smallest absolute Gasteiger partial charge is 0.175 e. The third-order valence-corrected chi connectivity index (χ3v) is 3.81. The fourth-order valence-electron chi connectivity index (χ4n) is 1.68. The molecule has 3 nitrogen and oxygen atoms in total. The molecule has 0 spiro atoms. The summed E-state index contributed by atoms with van der Waals surface area (Å²) >= 11 is 0. The summed E-state index contributed by atoms with van der Waals surface area (Å²) in [6.45, 7) is 0.305. The third kappa shape index (κ3) is 3.54. The lowest BCUT2D eigenvalue weighted by molar-refractivity contribution is 0.601. The van der Waals surface area contributed by atoms with E-state index in [0.29, 0.717) is 17.8 Å². The minimum atomic E-state index is -3.23. The van der Waals surface area contributed by atoms with Gasteiger partial charge in [0.05, 0.1) is 4.90 Å². The Morgan fingerprint density at radius 1 is 1.11 bits per heavy atom. The van der Waals surface area contributed by atoms with Crippen molar-refractivity contribution in [3.63, 3.8) is 0 Å². The van der Waals surface area contributed by atoms with Crippen molar-refractivity contribution >= 4 is 15.5 Å². The van der Waals surface area contributed by atoms with Crippen LogP contribution < -0.4 is 5.32 Å². The number of hydrogen-bond acceptors (Lipinski definition) is 3. The number of anilines is 1. The van der Waals surface area contributed by atoms with Crippen molar-refractivity contribution < 1.29 is 12.8 Å². The Kier molecular flexibility index (Phi) is 3.85. The average molecular weight is 279 g/mol. The molecular formula is C14H14FNO2S. The van der Waals surface area contributed by atoms with Crippen LogP contribution in [0.4, 0.5) is 10.1 Å². The summed E-state index contributed by atoms with van der Waals surface area (Å²) in [5.41, 5.74) is 1.18. The van der Waals surface area contributed by atoms with E-state index in [1.54, 1.807) is 30.3 Å². The molecule has 0 aliphatic carbocycles. The number of nitrogens with one attached hydrogen (secondary N) is 1. The van der Waals surface area contributed by atoms with Crippen molar-refractivity contribution in [2.75, 3.05) is 11.6 Å². The Hall–Kier alpha value is -1.88. The van der Waals surface area contributed by atoms with E-state index >= 15 is 0 Å². The summed E-state index contributed by atoms with van der Waals surface area (Å²) in [6, 6.07) is 12.9. The van der Waals surface area contributed by atoms with Gasteiger partial charge in [-0.25, -0.2) is 12.8 Å². The summed E-state index contributed by atoms with van der Waals surface area (Å²) in [4.78, 5) is 0.242. The monoisotopic (exact) mass is 279 g/mol. The fourth-order valence-corrected chi connectivity index (χ4v) is 2.34. The predicted octanol–water partition coefficient (Wildman–Crippen LogP) is 2.84. The summed E-state index contributed by atoms with van der Waals surface area (Å²) in [5, 5.41) is 3.01. The third-order valence-electron chi connectivity index (χ3n) is 2.70. The molecular weight excluding hydrogens is 265 g/mol. The van der Waals surface area contributed by atoms with Crippen LogP contribution in [0.2, 0.25) is 0 Å². The number of hydrogen-bond donors (Lipinski definition) is 1. The van der Waals surface area contributed by atoms with Crippen LogP contribution in [0.5, 0.6) is 0 Å². The summed E-state index contributed by atoms with van der Waals surface area (Å²) in [5.74, 6) is -0.283. The van der Waals surface area contributed by atoms with E-state index in [-0.39, 0.29) is 10.7 Å². The van der Waals surface area contributed by atoms with Gasteiger partial charge in [-0.3, -0.25) is 0 Å². The van der Waals surface area contributed by atoms with Crippen molar-refractivity contribution in [1.29, 1.82) is 0 Å². The molecule has 2 aromatic carbocycles. The fraction of sp³-hybridized carbons (Fsp3) is 0.143. The van der Waals surface area contributed by atoms with Gasteiger partial charge in [-0.1, -0.05) is 24.3 Å². The number of halogens is 1. The van der Waals surface area contributed by atoms with Crippen LogP contribution in [0.3, 0.4) is 0 Å². The van der Waals surface area contributed by atoms with Crippen LogP contribution in [-0.4, -0.2) is 14.7 Å². The van der Waals surface area contributed by atoms with Crippen LogP contribution in [0.15, 0.2) is 53.4 Å². The summed E-state index contributed by atoms with van der Waals surface area (Å²) < 4.78 is 36.3. The average Bonchev–Trinajstić information content (AvgIpc) is 2.37. The van der Waals surface area contributed by atoms with Gasteiger partial charge >= 0.3 is 0 Å². The molecule has 0 radical (unpaired) electrons. The summed E-state index contributed by atoms with van der Waals surface area (Å²) in [6.07, 6.45) is 1.16. The first-order valence-electron chi connectivity index (χ1n) is 5.74. The molecule has 0 atom stereocenters. The van der Waals surface area contributed by atoms with E-state index < -0.39 is 9.84 Å². The normalized spacial score (nSPS) is 11.3. The summed E-state index contributed by atoms with van der Waals surface area (Å²) in [7, 11) is -3.23. The zero-order valence-electron chi connectivity index (χ0n) is 10.4. The van der Waals surface area contributed by atoms with Crippen LogP contribution in [0.1, 0.15) is 5.56 Å². The molecule has 0 heterocycles. The van der Waals surface area contributed by atoms with Gasteiger partial charge in [-0.05, 0) is 24.3 Å². The Bertz CT molecular complexity index is 683.